The van der Waals surface area contributed by atoms with E-state index in [4.69, 9.17) is 4.74 Å². The first kappa shape index (κ1) is 16.2. The van der Waals surface area contributed by atoms with E-state index in [0.29, 0.717) is 39.4 Å². The molecule has 1 aliphatic carbocycles. The zero-order valence-corrected chi connectivity index (χ0v) is 14.7. The number of fused-ring (bicyclic) bond motifs is 1. The van der Waals surface area contributed by atoms with Gasteiger partial charge in [0.1, 0.15) is 0 Å². The van der Waals surface area contributed by atoms with Gasteiger partial charge in [0.25, 0.3) is 10.2 Å². The predicted molar refractivity (Wildman–Crippen MR) is 89.1 cm³/mol. The van der Waals surface area contributed by atoms with Crippen LogP contribution in [0.2, 0.25) is 0 Å². The van der Waals surface area contributed by atoms with E-state index in [-0.39, 0.29) is 6.04 Å². The van der Waals surface area contributed by atoms with Gasteiger partial charge < -0.3 is 9.64 Å². The van der Waals surface area contributed by atoms with E-state index >= 15 is 0 Å². The minimum absolute atomic E-state index is 0.0205. The van der Waals surface area contributed by atoms with Crippen LogP contribution in [0.15, 0.2) is 6.07 Å². The second kappa shape index (κ2) is 6.21. The van der Waals surface area contributed by atoms with E-state index in [9.17, 15) is 8.42 Å². The monoisotopic (exact) mass is 353 g/mol. The van der Waals surface area contributed by atoms with Crippen LogP contribution in [0.4, 0.5) is 5.82 Å². The summed E-state index contributed by atoms with van der Waals surface area (Å²) in [5, 5.41) is 8.61. The molecule has 4 rings (SSSR count). The molecule has 2 aliphatic heterocycles. The van der Waals surface area contributed by atoms with Crippen molar-refractivity contribution in [1.82, 2.24) is 18.8 Å². The highest BCUT2D eigenvalue weighted by atomic mass is 32.2. The van der Waals surface area contributed by atoms with Crippen LogP contribution in [0.25, 0.3) is 0 Å². The Labute approximate surface area is 142 Å². The van der Waals surface area contributed by atoms with Crippen LogP contribution < -0.4 is 4.90 Å². The lowest BCUT2D eigenvalue weighted by atomic mass is 10.1. The van der Waals surface area contributed by atoms with Crippen LogP contribution in [-0.4, -0.2) is 79.7 Å². The van der Waals surface area contributed by atoms with Gasteiger partial charge in [-0.3, -0.25) is 0 Å². The first-order valence-corrected chi connectivity index (χ1v) is 9.86. The largest absolute Gasteiger partial charge is 0.379 e. The number of nitrogens with zero attached hydrogens (tertiary/aromatic N) is 5. The Morgan fingerprint density at radius 1 is 1.21 bits per heavy atom. The van der Waals surface area contributed by atoms with Gasteiger partial charge in [0.05, 0.1) is 24.9 Å². The summed E-state index contributed by atoms with van der Waals surface area (Å²) < 4.78 is 33.6. The summed E-state index contributed by atoms with van der Waals surface area (Å²) in [5.41, 5.74) is 2.40. The summed E-state index contributed by atoms with van der Waals surface area (Å²) in [7, 11) is -1.75. The summed E-state index contributed by atoms with van der Waals surface area (Å²) in [5.74, 6) is 0.865. The second-order valence-corrected chi connectivity index (χ2v) is 8.61. The summed E-state index contributed by atoms with van der Waals surface area (Å²) in [6.07, 6.45) is 3.24. The van der Waals surface area contributed by atoms with Crippen LogP contribution in [0.3, 0.4) is 0 Å². The molecule has 0 saturated carbocycles. The van der Waals surface area contributed by atoms with Gasteiger partial charge in [0.15, 0.2) is 5.82 Å². The molecule has 0 aromatic carbocycles. The third-order valence-corrected chi connectivity index (χ3v) is 7.21. The Kier molecular flexibility index (Phi) is 4.19. The van der Waals surface area contributed by atoms with Gasteiger partial charge in [0, 0.05) is 33.2 Å². The Hall–Kier alpha value is -1.29. The van der Waals surface area contributed by atoms with Crippen molar-refractivity contribution in [2.75, 3.05) is 51.3 Å². The van der Waals surface area contributed by atoms with E-state index < -0.39 is 10.2 Å². The SMILES string of the molecule is CN(C1CN(c2cc3c(nn2)CCC3)C1)S(=O)(=O)N1CCOCC1. The number of hydrogen-bond donors (Lipinski definition) is 0. The Balaban J connectivity index is 1.39. The van der Waals surface area contributed by atoms with Gasteiger partial charge in [0.2, 0.25) is 0 Å². The molecule has 0 radical (unpaired) electrons. The Morgan fingerprint density at radius 3 is 2.71 bits per heavy atom. The molecule has 0 spiro atoms. The average Bonchev–Trinajstić information content (AvgIpc) is 3.02. The highest BCUT2D eigenvalue weighted by molar-refractivity contribution is 7.86. The zero-order chi connectivity index (χ0) is 16.7. The number of aromatic nitrogens is 2. The van der Waals surface area contributed by atoms with E-state index in [0.717, 1.165) is 30.8 Å². The lowest BCUT2D eigenvalue weighted by Gasteiger charge is -2.45. The standard InChI is InChI=1S/C15H23N5O3S/c1-18(24(21,22)20-5-7-23-8-6-20)13-10-19(11-13)15-9-12-3-2-4-14(12)16-17-15/h9,13H,2-8,10-11H2,1H3. The topological polar surface area (TPSA) is 78.9 Å². The average molecular weight is 353 g/mol. The Morgan fingerprint density at radius 2 is 1.96 bits per heavy atom. The fourth-order valence-corrected chi connectivity index (χ4v) is 4.98. The first-order valence-electron chi connectivity index (χ1n) is 8.47. The third-order valence-electron chi connectivity index (χ3n) is 5.17. The molecule has 3 heterocycles. The van der Waals surface area contributed by atoms with Crippen molar-refractivity contribution < 1.29 is 13.2 Å². The van der Waals surface area contributed by atoms with Gasteiger partial charge in [-0.05, 0) is 30.9 Å². The van der Waals surface area contributed by atoms with E-state index in [1.165, 1.54) is 14.2 Å². The smallest absolute Gasteiger partial charge is 0.282 e. The quantitative estimate of drug-likeness (QED) is 0.737. The molecule has 0 N–H and O–H groups in total. The van der Waals surface area contributed by atoms with E-state index in [2.05, 4.69) is 21.2 Å². The molecule has 3 aliphatic rings. The number of aryl methyl sites for hydroxylation is 2. The number of likely N-dealkylation sites (N-methyl/N-ethyl adjacent to an activating group) is 1. The number of hydrogen-bond acceptors (Lipinski definition) is 6. The van der Waals surface area contributed by atoms with Crippen LogP contribution in [0, 0.1) is 0 Å². The highest BCUT2D eigenvalue weighted by Crippen LogP contribution is 2.27. The molecule has 0 bridgehead atoms. The number of morpholine rings is 1. The molecule has 1 aromatic rings. The van der Waals surface area contributed by atoms with Crippen LogP contribution in [-0.2, 0) is 27.8 Å². The Bertz CT molecular complexity index is 714. The molecule has 0 atom stereocenters. The van der Waals surface area contributed by atoms with Gasteiger partial charge >= 0.3 is 0 Å². The summed E-state index contributed by atoms with van der Waals surface area (Å²) in [6, 6.07) is 2.09. The summed E-state index contributed by atoms with van der Waals surface area (Å²) >= 11 is 0. The van der Waals surface area contributed by atoms with Gasteiger partial charge in [-0.2, -0.15) is 22.1 Å². The highest BCUT2D eigenvalue weighted by Gasteiger charge is 2.39. The van der Waals surface area contributed by atoms with Crippen LogP contribution >= 0.6 is 0 Å². The molecular formula is C15H23N5O3S. The summed E-state index contributed by atoms with van der Waals surface area (Å²) in [6.45, 7) is 3.11. The second-order valence-electron chi connectivity index (χ2n) is 6.62. The molecule has 0 amide bonds. The maximum atomic E-state index is 12.7. The molecular weight excluding hydrogens is 330 g/mol. The molecule has 0 unspecified atom stereocenters. The lowest BCUT2D eigenvalue weighted by molar-refractivity contribution is 0.0695. The van der Waals surface area contributed by atoms with Crippen LogP contribution in [0.5, 0.6) is 0 Å². The molecule has 1 aromatic heterocycles. The van der Waals surface area contributed by atoms with Crippen molar-refractivity contribution in [2.24, 2.45) is 0 Å². The van der Waals surface area contributed by atoms with Crippen molar-refractivity contribution in [3.05, 3.63) is 17.3 Å². The normalized spacial score (nSPS) is 22.7. The molecule has 9 heteroatoms. The van der Waals surface area contributed by atoms with Gasteiger partial charge in [-0.15, -0.1) is 5.10 Å². The molecule has 8 nitrogen and oxygen atoms in total. The summed E-state index contributed by atoms with van der Waals surface area (Å²) in [4.78, 5) is 2.10. The first-order chi connectivity index (χ1) is 11.6. The molecule has 132 valence electrons. The fourth-order valence-electron chi connectivity index (χ4n) is 3.49. The van der Waals surface area contributed by atoms with Crippen molar-refractivity contribution in [3.63, 3.8) is 0 Å². The molecule has 2 fully saturated rings. The third kappa shape index (κ3) is 2.79. The maximum Gasteiger partial charge on any atom is 0.282 e. The fraction of sp³-hybridized carbons (Fsp3) is 0.733. The zero-order valence-electron chi connectivity index (χ0n) is 13.9. The number of ether oxygens (including phenoxy) is 1. The van der Waals surface area contributed by atoms with Crippen LogP contribution in [0.1, 0.15) is 17.7 Å². The predicted octanol–water partition coefficient (Wildman–Crippen LogP) is -0.337. The lowest BCUT2D eigenvalue weighted by Crippen LogP contribution is -2.62. The van der Waals surface area contributed by atoms with Crippen molar-refractivity contribution in [3.8, 4) is 0 Å². The van der Waals surface area contributed by atoms with Crippen molar-refractivity contribution >= 4 is 16.0 Å². The molecule has 24 heavy (non-hydrogen) atoms. The molecule has 2 saturated heterocycles. The van der Waals surface area contributed by atoms with Crippen molar-refractivity contribution in [1.29, 1.82) is 0 Å². The van der Waals surface area contributed by atoms with Crippen molar-refractivity contribution in [2.45, 2.75) is 25.3 Å². The number of rotatable bonds is 4. The minimum atomic E-state index is -3.41. The maximum absolute atomic E-state index is 12.7. The van der Waals surface area contributed by atoms with E-state index in [1.807, 2.05) is 0 Å². The van der Waals surface area contributed by atoms with Gasteiger partial charge in [-0.25, -0.2) is 0 Å². The number of anilines is 1. The van der Waals surface area contributed by atoms with E-state index in [1.54, 1.807) is 7.05 Å². The minimum Gasteiger partial charge on any atom is -0.379 e. The van der Waals surface area contributed by atoms with Gasteiger partial charge in [-0.1, -0.05) is 0 Å².